The van der Waals surface area contributed by atoms with E-state index in [2.05, 4.69) is 43.8 Å². The molecule has 1 aromatic heterocycles. The molecular formula is C11H8BrIN2OS. The van der Waals surface area contributed by atoms with Crippen LogP contribution in [-0.2, 0) is 0 Å². The van der Waals surface area contributed by atoms with Crippen molar-refractivity contribution in [3.8, 4) is 0 Å². The summed E-state index contributed by atoms with van der Waals surface area (Å²) in [6.07, 6.45) is 0. The predicted molar refractivity (Wildman–Crippen MR) is 83.5 cm³/mol. The summed E-state index contributed by atoms with van der Waals surface area (Å²) in [6.45, 7) is 0. The van der Waals surface area contributed by atoms with E-state index in [1.54, 1.807) is 29.5 Å². The Hall–Kier alpha value is -0.600. The number of amides is 1. The van der Waals surface area contributed by atoms with Crippen LogP contribution < -0.4 is 11.1 Å². The second-order valence-electron chi connectivity index (χ2n) is 3.33. The monoisotopic (exact) mass is 422 g/mol. The zero-order chi connectivity index (χ0) is 12.4. The standard InChI is InChI=1S/C11H8BrIN2OS/c12-8-4-7(14)1-2-9(8)15-11(16)6-3-10(13)17-5-6/h1-5H,14H2,(H,15,16). The maximum Gasteiger partial charge on any atom is 0.256 e. The minimum absolute atomic E-state index is 0.116. The number of anilines is 2. The fourth-order valence-electron chi connectivity index (χ4n) is 1.26. The number of carbonyl (C=O) groups excluding carboxylic acids is 1. The summed E-state index contributed by atoms with van der Waals surface area (Å²) in [5.74, 6) is -0.116. The van der Waals surface area contributed by atoms with Gasteiger partial charge in [-0.15, -0.1) is 11.3 Å². The van der Waals surface area contributed by atoms with Crippen LogP contribution in [0.2, 0.25) is 0 Å². The average molecular weight is 423 g/mol. The number of nitrogen functional groups attached to an aromatic ring is 1. The van der Waals surface area contributed by atoms with E-state index >= 15 is 0 Å². The molecule has 1 heterocycles. The number of nitrogens with one attached hydrogen (secondary N) is 1. The number of hydrogen-bond donors (Lipinski definition) is 2. The molecule has 0 aliphatic carbocycles. The van der Waals surface area contributed by atoms with Gasteiger partial charge in [0.2, 0.25) is 0 Å². The number of hydrogen-bond acceptors (Lipinski definition) is 3. The van der Waals surface area contributed by atoms with Crippen molar-refractivity contribution < 1.29 is 4.79 Å². The predicted octanol–water partition coefficient (Wildman–Crippen LogP) is 3.95. The van der Waals surface area contributed by atoms with Crippen molar-refractivity contribution in [3.05, 3.63) is 42.6 Å². The third kappa shape index (κ3) is 3.20. The van der Waals surface area contributed by atoms with E-state index in [4.69, 9.17) is 5.73 Å². The van der Waals surface area contributed by atoms with Crippen LogP contribution in [0.5, 0.6) is 0 Å². The molecule has 0 unspecified atom stereocenters. The maximum atomic E-state index is 11.9. The van der Waals surface area contributed by atoms with Crippen LogP contribution in [0.4, 0.5) is 11.4 Å². The molecule has 0 fully saturated rings. The Morgan fingerprint density at radius 2 is 2.18 bits per heavy atom. The first-order chi connectivity index (χ1) is 8.06. The molecule has 17 heavy (non-hydrogen) atoms. The first-order valence-electron chi connectivity index (χ1n) is 4.66. The molecule has 2 aromatic rings. The van der Waals surface area contributed by atoms with Crippen molar-refractivity contribution in [2.24, 2.45) is 0 Å². The van der Waals surface area contributed by atoms with E-state index in [0.29, 0.717) is 16.9 Å². The Balaban J connectivity index is 2.18. The smallest absolute Gasteiger partial charge is 0.256 e. The van der Waals surface area contributed by atoms with E-state index in [-0.39, 0.29) is 5.91 Å². The quantitative estimate of drug-likeness (QED) is 0.568. The summed E-state index contributed by atoms with van der Waals surface area (Å²) in [5.41, 5.74) is 7.67. The minimum Gasteiger partial charge on any atom is -0.399 e. The summed E-state index contributed by atoms with van der Waals surface area (Å²) >= 11 is 7.09. The lowest BCUT2D eigenvalue weighted by atomic mass is 10.2. The highest BCUT2D eigenvalue weighted by atomic mass is 127. The van der Waals surface area contributed by atoms with Gasteiger partial charge in [0, 0.05) is 15.5 Å². The minimum atomic E-state index is -0.116. The largest absolute Gasteiger partial charge is 0.399 e. The lowest BCUT2D eigenvalue weighted by molar-refractivity contribution is 0.102. The van der Waals surface area contributed by atoms with E-state index in [9.17, 15) is 4.79 Å². The summed E-state index contributed by atoms with van der Waals surface area (Å²) in [6, 6.07) is 7.13. The number of rotatable bonds is 2. The van der Waals surface area contributed by atoms with Gasteiger partial charge in [-0.05, 0) is 62.8 Å². The average Bonchev–Trinajstić information content (AvgIpc) is 2.69. The van der Waals surface area contributed by atoms with Crippen molar-refractivity contribution in [2.45, 2.75) is 0 Å². The molecule has 0 radical (unpaired) electrons. The second-order valence-corrected chi connectivity index (χ2v) is 6.99. The Labute approximate surface area is 125 Å². The van der Waals surface area contributed by atoms with Gasteiger partial charge in [-0.3, -0.25) is 4.79 Å². The van der Waals surface area contributed by atoms with Gasteiger partial charge in [0.25, 0.3) is 5.91 Å². The van der Waals surface area contributed by atoms with Crippen LogP contribution in [0.3, 0.4) is 0 Å². The highest BCUT2D eigenvalue weighted by Crippen LogP contribution is 2.25. The molecule has 0 saturated heterocycles. The number of halogens is 2. The van der Waals surface area contributed by atoms with Crippen LogP contribution in [0.25, 0.3) is 0 Å². The van der Waals surface area contributed by atoms with Crippen LogP contribution in [0.1, 0.15) is 10.4 Å². The van der Waals surface area contributed by atoms with Gasteiger partial charge in [0.05, 0.1) is 14.1 Å². The van der Waals surface area contributed by atoms with Crippen LogP contribution in [0, 0.1) is 2.88 Å². The van der Waals surface area contributed by atoms with Crippen LogP contribution >= 0.6 is 49.9 Å². The molecule has 3 nitrogen and oxygen atoms in total. The topological polar surface area (TPSA) is 55.1 Å². The van der Waals surface area contributed by atoms with Gasteiger partial charge < -0.3 is 11.1 Å². The van der Waals surface area contributed by atoms with Gasteiger partial charge in [-0.25, -0.2) is 0 Å². The van der Waals surface area contributed by atoms with Crippen molar-refractivity contribution >= 4 is 67.1 Å². The molecule has 1 amide bonds. The Morgan fingerprint density at radius 3 is 2.76 bits per heavy atom. The molecule has 0 saturated carbocycles. The van der Waals surface area contributed by atoms with E-state index in [1.165, 1.54) is 0 Å². The lowest BCUT2D eigenvalue weighted by Crippen LogP contribution is -2.11. The first-order valence-corrected chi connectivity index (χ1v) is 7.42. The molecule has 0 bridgehead atoms. The molecule has 0 aliphatic rings. The molecule has 2 rings (SSSR count). The maximum absolute atomic E-state index is 11.9. The fraction of sp³-hybridized carbons (Fsp3) is 0. The van der Waals surface area contributed by atoms with Gasteiger partial charge in [-0.2, -0.15) is 0 Å². The van der Waals surface area contributed by atoms with Gasteiger partial charge >= 0.3 is 0 Å². The van der Waals surface area contributed by atoms with Crippen molar-refractivity contribution in [1.82, 2.24) is 0 Å². The summed E-state index contributed by atoms with van der Waals surface area (Å²) in [4.78, 5) is 11.9. The highest BCUT2D eigenvalue weighted by molar-refractivity contribution is 14.1. The van der Waals surface area contributed by atoms with Crippen molar-refractivity contribution in [1.29, 1.82) is 0 Å². The fourth-order valence-corrected chi connectivity index (χ4v) is 3.08. The molecule has 88 valence electrons. The van der Waals surface area contributed by atoms with E-state index in [1.807, 2.05) is 11.4 Å². The molecule has 0 aliphatic heterocycles. The summed E-state index contributed by atoms with van der Waals surface area (Å²) in [7, 11) is 0. The van der Waals surface area contributed by atoms with E-state index in [0.717, 1.165) is 7.36 Å². The molecule has 3 N–H and O–H groups in total. The highest BCUT2D eigenvalue weighted by Gasteiger charge is 2.09. The van der Waals surface area contributed by atoms with E-state index < -0.39 is 0 Å². The Bertz CT molecular complexity index is 570. The number of nitrogens with two attached hydrogens (primary N) is 1. The van der Waals surface area contributed by atoms with Gasteiger partial charge in [0.1, 0.15) is 0 Å². The molecule has 0 atom stereocenters. The number of thiophene rings is 1. The lowest BCUT2D eigenvalue weighted by Gasteiger charge is -2.06. The van der Waals surface area contributed by atoms with Gasteiger partial charge in [-0.1, -0.05) is 0 Å². The molecule has 6 heteroatoms. The first kappa shape index (κ1) is 12.8. The number of benzene rings is 1. The Morgan fingerprint density at radius 1 is 1.41 bits per heavy atom. The van der Waals surface area contributed by atoms with Crippen LogP contribution in [0.15, 0.2) is 34.1 Å². The van der Waals surface area contributed by atoms with Crippen molar-refractivity contribution in [2.75, 3.05) is 11.1 Å². The molecule has 1 aromatic carbocycles. The third-order valence-corrected chi connectivity index (χ3v) is 4.52. The molecule has 0 spiro atoms. The van der Waals surface area contributed by atoms with Crippen LogP contribution in [-0.4, -0.2) is 5.91 Å². The normalized spacial score (nSPS) is 10.2. The zero-order valence-corrected chi connectivity index (χ0v) is 13.1. The summed E-state index contributed by atoms with van der Waals surface area (Å²) < 4.78 is 1.86. The molecular weight excluding hydrogens is 415 g/mol. The summed E-state index contributed by atoms with van der Waals surface area (Å²) in [5, 5.41) is 4.66. The van der Waals surface area contributed by atoms with Gasteiger partial charge in [0.15, 0.2) is 0 Å². The number of carbonyl (C=O) groups is 1. The zero-order valence-electron chi connectivity index (χ0n) is 8.54. The SMILES string of the molecule is Nc1ccc(NC(=O)c2csc(I)c2)c(Br)c1. The van der Waals surface area contributed by atoms with Crippen molar-refractivity contribution in [3.63, 3.8) is 0 Å². The Kier molecular flexibility index (Phi) is 4.05. The third-order valence-electron chi connectivity index (χ3n) is 2.07. The second kappa shape index (κ2) is 5.36.